The van der Waals surface area contributed by atoms with Crippen LogP contribution < -0.4 is 16.4 Å². The van der Waals surface area contributed by atoms with Gasteiger partial charge in [0.05, 0.1) is 18.2 Å². The molecule has 2 fully saturated rings. The second-order valence-electron chi connectivity index (χ2n) is 8.46. The maximum atomic E-state index is 8.96. The monoisotopic (exact) mass is 434 g/mol. The van der Waals surface area contributed by atoms with Crippen LogP contribution >= 0.6 is 0 Å². The third-order valence-corrected chi connectivity index (χ3v) is 6.21. The molecule has 4 rings (SSSR count). The van der Waals surface area contributed by atoms with Crippen LogP contribution in [-0.2, 0) is 4.74 Å². The number of methoxy groups -OCH3 is 1. The first-order valence-corrected chi connectivity index (χ1v) is 11.0. The van der Waals surface area contributed by atoms with Crippen molar-refractivity contribution < 1.29 is 4.74 Å². The fraction of sp³-hybridized carbons (Fsp3) is 0.478. The first-order chi connectivity index (χ1) is 15.6. The van der Waals surface area contributed by atoms with E-state index in [1.54, 1.807) is 13.3 Å². The number of nitrogens with zero attached hydrogens (tertiary/aromatic N) is 4. The number of hydrogen-bond acceptors (Lipinski definition) is 8. The number of ether oxygens (including phenoxy) is 1. The van der Waals surface area contributed by atoms with Crippen LogP contribution in [0.4, 0.5) is 11.6 Å². The van der Waals surface area contributed by atoms with Crippen molar-refractivity contribution in [3.05, 3.63) is 36.2 Å². The van der Waals surface area contributed by atoms with Crippen LogP contribution in [0.5, 0.6) is 0 Å². The second kappa shape index (κ2) is 9.94. The summed E-state index contributed by atoms with van der Waals surface area (Å²) in [5.74, 6) is 1.45. The zero-order chi connectivity index (χ0) is 22.5. The molecule has 2 aliphatic heterocycles. The Labute approximate surface area is 188 Å². The molecule has 0 spiro atoms. The zero-order valence-electron chi connectivity index (χ0n) is 18.3. The van der Waals surface area contributed by atoms with Gasteiger partial charge in [-0.2, -0.15) is 5.26 Å². The SMILES string of the molecule is COC/C(N)=C/C(=N)Nc1cc2ncccc2c(N[C@@H]2C[C@H]3CC[C@@H](C2)N3CCC#N)n1. The Morgan fingerprint density at radius 3 is 2.91 bits per heavy atom. The zero-order valence-corrected chi connectivity index (χ0v) is 18.3. The van der Waals surface area contributed by atoms with Gasteiger partial charge in [-0.1, -0.05) is 0 Å². The van der Waals surface area contributed by atoms with Crippen LogP contribution in [0.1, 0.15) is 32.1 Å². The fourth-order valence-electron chi connectivity index (χ4n) is 4.95. The molecule has 2 aliphatic rings. The molecule has 5 N–H and O–H groups in total. The van der Waals surface area contributed by atoms with E-state index in [0.717, 1.165) is 36.1 Å². The van der Waals surface area contributed by atoms with Crippen LogP contribution in [0.15, 0.2) is 36.2 Å². The van der Waals surface area contributed by atoms with E-state index in [1.807, 2.05) is 18.2 Å². The lowest BCUT2D eigenvalue weighted by atomic mass is 9.97. The Kier molecular flexibility index (Phi) is 6.83. The van der Waals surface area contributed by atoms with Crippen molar-refractivity contribution in [3.63, 3.8) is 0 Å². The maximum Gasteiger partial charge on any atom is 0.138 e. The van der Waals surface area contributed by atoms with Crippen molar-refractivity contribution in [2.24, 2.45) is 5.73 Å². The Morgan fingerprint density at radius 1 is 1.41 bits per heavy atom. The highest BCUT2D eigenvalue weighted by atomic mass is 16.5. The van der Waals surface area contributed by atoms with Crippen LogP contribution in [0.3, 0.4) is 0 Å². The topological polar surface area (TPSA) is 136 Å². The van der Waals surface area contributed by atoms with E-state index in [1.165, 1.54) is 18.9 Å². The number of aromatic nitrogens is 2. The van der Waals surface area contributed by atoms with Gasteiger partial charge in [0.2, 0.25) is 0 Å². The molecule has 3 atom stereocenters. The van der Waals surface area contributed by atoms with Gasteiger partial charge in [0, 0.05) is 67.6 Å². The number of hydrogen-bond donors (Lipinski definition) is 4. The van der Waals surface area contributed by atoms with Gasteiger partial charge in [0.15, 0.2) is 0 Å². The van der Waals surface area contributed by atoms with Crippen LogP contribution in [0.2, 0.25) is 0 Å². The van der Waals surface area contributed by atoms with E-state index in [2.05, 4.69) is 26.6 Å². The first kappa shape index (κ1) is 22.0. The lowest BCUT2D eigenvalue weighted by molar-refractivity contribution is 0.136. The molecule has 168 valence electrons. The predicted octanol–water partition coefficient (Wildman–Crippen LogP) is 2.83. The molecule has 2 saturated heterocycles. The van der Waals surface area contributed by atoms with Gasteiger partial charge in [-0.05, 0) is 37.8 Å². The molecule has 0 aliphatic carbocycles. The van der Waals surface area contributed by atoms with Gasteiger partial charge in [-0.25, -0.2) is 4.98 Å². The van der Waals surface area contributed by atoms with Gasteiger partial charge in [-0.15, -0.1) is 0 Å². The molecule has 0 aromatic carbocycles. The van der Waals surface area contributed by atoms with E-state index in [9.17, 15) is 0 Å². The summed E-state index contributed by atoms with van der Waals surface area (Å²) in [5.41, 5.74) is 7.11. The highest BCUT2D eigenvalue weighted by Gasteiger charge is 2.40. The Bertz CT molecular complexity index is 1030. The molecule has 4 heterocycles. The lowest BCUT2D eigenvalue weighted by Gasteiger charge is -2.39. The minimum atomic E-state index is 0.136. The van der Waals surface area contributed by atoms with Crippen molar-refractivity contribution >= 4 is 28.4 Å². The Balaban J connectivity index is 1.52. The minimum absolute atomic E-state index is 0.136. The number of pyridine rings is 2. The summed E-state index contributed by atoms with van der Waals surface area (Å²) in [4.78, 5) is 11.8. The van der Waals surface area contributed by atoms with Gasteiger partial charge in [-0.3, -0.25) is 15.3 Å². The van der Waals surface area contributed by atoms with Gasteiger partial charge in [0.1, 0.15) is 17.5 Å². The first-order valence-electron chi connectivity index (χ1n) is 11.0. The Morgan fingerprint density at radius 2 is 2.19 bits per heavy atom. The number of fused-ring (bicyclic) bond motifs is 3. The highest BCUT2D eigenvalue weighted by molar-refractivity contribution is 6.03. The van der Waals surface area contributed by atoms with Gasteiger partial charge < -0.3 is 21.1 Å². The number of anilines is 2. The number of nitrogens with one attached hydrogen (secondary N) is 3. The van der Waals surface area contributed by atoms with Crippen LogP contribution in [0, 0.1) is 16.7 Å². The molecule has 0 unspecified atom stereocenters. The molecule has 0 radical (unpaired) electrons. The molecule has 9 heteroatoms. The van der Waals surface area contributed by atoms with Crippen molar-refractivity contribution in [3.8, 4) is 6.07 Å². The van der Waals surface area contributed by atoms with Gasteiger partial charge >= 0.3 is 0 Å². The summed E-state index contributed by atoms with van der Waals surface area (Å²) in [7, 11) is 1.56. The quantitative estimate of drug-likeness (QED) is 0.368. The summed E-state index contributed by atoms with van der Waals surface area (Å²) >= 11 is 0. The average Bonchev–Trinajstić information content (AvgIpc) is 3.00. The number of piperidine rings is 1. The third-order valence-electron chi connectivity index (χ3n) is 6.21. The molecule has 2 bridgehead atoms. The van der Waals surface area contributed by atoms with E-state index >= 15 is 0 Å². The van der Waals surface area contributed by atoms with E-state index in [0.29, 0.717) is 36.1 Å². The minimum Gasteiger partial charge on any atom is -0.400 e. The second-order valence-corrected chi connectivity index (χ2v) is 8.46. The molecule has 9 nitrogen and oxygen atoms in total. The normalized spacial score (nSPS) is 23.1. The standard InChI is InChI=1S/C23H30N8O/c1-32-14-15(25)10-21(26)29-22-13-20-19(4-2-8-27-20)23(30-22)28-16-11-17-5-6-18(12-16)31(17)9-3-7-24/h2,4,8,10,13,16-18H,3,5-6,9,11-12,14,25H2,1H3,(H3,26,28,29,30)/b15-10-/t16-,17-,18+. The molecular weight excluding hydrogens is 404 g/mol. The third kappa shape index (κ3) is 4.98. The summed E-state index contributed by atoms with van der Waals surface area (Å²) in [6, 6.07) is 9.39. The van der Waals surface area contributed by atoms with Crippen molar-refractivity contribution in [1.82, 2.24) is 14.9 Å². The Hall–Kier alpha value is -3.22. The van der Waals surface area contributed by atoms with Gasteiger partial charge in [0.25, 0.3) is 0 Å². The molecule has 32 heavy (non-hydrogen) atoms. The van der Waals surface area contributed by atoms with Crippen molar-refractivity contribution in [1.29, 1.82) is 10.7 Å². The molecule has 0 saturated carbocycles. The number of nitriles is 1. The molecule has 0 amide bonds. The van der Waals surface area contributed by atoms with Crippen molar-refractivity contribution in [2.75, 3.05) is 30.9 Å². The highest BCUT2D eigenvalue weighted by Crippen LogP contribution is 2.37. The molecule has 2 aromatic rings. The molecule has 2 aromatic heterocycles. The van der Waals surface area contributed by atoms with E-state index in [-0.39, 0.29) is 12.4 Å². The van der Waals surface area contributed by atoms with Crippen LogP contribution in [-0.4, -0.2) is 59.1 Å². The summed E-state index contributed by atoms with van der Waals surface area (Å²) in [5, 5.41) is 24.8. The summed E-state index contributed by atoms with van der Waals surface area (Å²) in [6.45, 7) is 1.13. The predicted molar refractivity (Wildman–Crippen MR) is 125 cm³/mol. The fourth-order valence-corrected chi connectivity index (χ4v) is 4.95. The smallest absolute Gasteiger partial charge is 0.138 e. The number of nitrogens with two attached hydrogens (primary N) is 1. The van der Waals surface area contributed by atoms with Crippen molar-refractivity contribution in [2.45, 2.75) is 50.2 Å². The largest absolute Gasteiger partial charge is 0.400 e. The lowest BCUT2D eigenvalue weighted by Crippen LogP contribution is -2.47. The van der Waals surface area contributed by atoms with E-state index in [4.69, 9.17) is 26.1 Å². The molecular formula is C23H30N8O. The van der Waals surface area contributed by atoms with Crippen LogP contribution in [0.25, 0.3) is 10.9 Å². The average molecular weight is 435 g/mol. The summed E-state index contributed by atoms with van der Waals surface area (Å²) < 4.78 is 4.99. The number of amidine groups is 1. The number of rotatable bonds is 8. The maximum absolute atomic E-state index is 8.96. The summed E-state index contributed by atoms with van der Waals surface area (Å²) in [6.07, 6.45) is 8.33. The van der Waals surface area contributed by atoms with E-state index < -0.39 is 0 Å².